The zero-order chi connectivity index (χ0) is 10.1. The maximum absolute atomic E-state index is 11.8. The molecule has 0 aromatic carbocycles. The molecule has 1 N–H and O–H groups in total. The number of carbonyl (C=O) groups excluding carboxylic acids is 1. The van der Waals surface area contributed by atoms with E-state index < -0.39 is 0 Å². The van der Waals surface area contributed by atoms with Gasteiger partial charge in [-0.2, -0.15) is 0 Å². The molecule has 2 nitrogen and oxygen atoms in total. The predicted octanol–water partition coefficient (Wildman–Crippen LogP) is 1.99. The van der Waals surface area contributed by atoms with E-state index in [0.29, 0.717) is 11.7 Å². The van der Waals surface area contributed by atoms with Crippen LogP contribution in [0.5, 0.6) is 0 Å². The quantitative estimate of drug-likeness (QED) is 0.709. The van der Waals surface area contributed by atoms with Crippen LogP contribution in [0.3, 0.4) is 0 Å². The van der Waals surface area contributed by atoms with Crippen LogP contribution in [0.1, 0.15) is 40.0 Å². The number of ketones is 1. The Bertz CT molecular complexity index is 198. The largest absolute Gasteiger partial charge is 0.314 e. The van der Waals surface area contributed by atoms with Gasteiger partial charge >= 0.3 is 0 Å². The Balaban J connectivity index is 2.66. The molecule has 2 atom stereocenters. The normalized spacial score (nSPS) is 30.6. The highest BCUT2D eigenvalue weighted by atomic mass is 16.1. The number of nitrogens with one attached hydrogen (secondary N) is 1. The highest BCUT2D eigenvalue weighted by molar-refractivity contribution is 5.83. The summed E-state index contributed by atoms with van der Waals surface area (Å²) in [5, 5.41) is 3.24. The minimum Gasteiger partial charge on any atom is -0.314 e. The molecular formula is C11H21NO. The van der Waals surface area contributed by atoms with Crippen molar-refractivity contribution in [2.75, 3.05) is 7.05 Å². The van der Waals surface area contributed by atoms with Crippen molar-refractivity contribution < 1.29 is 4.79 Å². The fourth-order valence-electron chi connectivity index (χ4n) is 2.14. The molecule has 0 saturated heterocycles. The van der Waals surface area contributed by atoms with E-state index in [2.05, 4.69) is 26.1 Å². The smallest absolute Gasteiger partial charge is 0.138 e. The molecule has 1 fully saturated rings. The zero-order valence-electron chi connectivity index (χ0n) is 9.18. The maximum Gasteiger partial charge on any atom is 0.138 e. The fraction of sp³-hybridized carbons (Fsp3) is 0.909. The van der Waals surface area contributed by atoms with Gasteiger partial charge in [0.15, 0.2) is 0 Å². The molecular weight excluding hydrogens is 162 g/mol. The molecule has 0 aromatic rings. The SMILES string of the molecule is CNC(C)(C)C1CCC(C)CC1=O. The monoisotopic (exact) mass is 183 g/mol. The summed E-state index contributed by atoms with van der Waals surface area (Å²) in [6.07, 6.45) is 3.02. The molecule has 1 aliphatic rings. The van der Waals surface area contributed by atoms with Crippen molar-refractivity contribution in [2.24, 2.45) is 11.8 Å². The molecule has 0 spiro atoms. The van der Waals surface area contributed by atoms with Crippen molar-refractivity contribution in [1.29, 1.82) is 0 Å². The Morgan fingerprint density at radius 3 is 2.46 bits per heavy atom. The van der Waals surface area contributed by atoms with E-state index in [4.69, 9.17) is 0 Å². The van der Waals surface area contributed by atoms with Crippen LogP contribution in [0.4, 0.5) is 0 Å². The summed E-state index contributed by atoms with van der Waals surface area (Å²) in [6, 6.07) is 0. The summed E-state index contributed by atoms with van der Waals surface area (Å²) in [7, 11) is 1.94. The van der Waals surface area contributed by atoms with Gasteiger partial charge in [0.05, 0.1) is 0 Å². The summed E-state index contributed by atoms with van der Waals surface area (Å²) in [6.45, 7) is 6.40. The van der Waals surface area contributed by atoms with Crippen molar-refractivity contribution in [2.45, 2.75) is 45.6 Å². The van der Waals surface area contributed by atoms with Crippen LogP contribution < -0.4 is 5.32 Å². The minimum absolute atomic E-state index is 0.0305. The molecule has 2 unspecified atom stereocenters. The van der Waals surface area contributed by atoms with E-state index in [9.17, 15) is 4.79 Å². The topological polar surface area (TPSA) is 29.1 Å². The van der Waals surface area contributed by atoms with Gasteiger partial charge in [-0.15, -0.1) is 0 Å². The summed E-state index contributed by atoms with van der Waals surface area (Å²) in [4.78, 5) is 11.8. The van der Waals surface area contributed by atoms with Crippen LogP contribution in [0.2, 0.25) is 0 Å². The average molecular weight is 183 g/mol. The summed E-state index contributed by atoms with van der Waals surface area (Å²) < 4.78 is 0. The molecule has 2 heteroatoms. The molecule has 0 aliphatic heterocycles. The van der Waals surface area contributed by atoms with Gasteiger partial charge in [-0.3, -0.25) is 4.79 Å². The number of carbonyl (C=O) groups is 1. The van der Waals surface area contributed by atoms with E-state index in [1.807, 2.05) is 7.05 Å². The number of hydrogen-bond donors (Lipinski definition) is 1. The van der Waals surface area contributed by atoms with Gasteiger partial charge in [0.2, 0.25) is 0 Å². The molecule has 0 heterocycles. The predicted molar refractivity (Wildman–Crippen MR) is 54.7 cm³/mol. The lowest BCUT2D eigenvalue weighted by Gasteiger charge is -2.37. The lowest BCUT2D eigenvalue weighted by Crippen LogP contribution is -2.49. The lowest BCUT2D eigenvalue weighted by molar-refractivity contribution is -0.128. The first-order chi connectivity index (χ1) is 5.97. The standard InChI is InChI=1S/C11H21NO/c1-8-5-6-9(10(13)7-8)11(2,3)12-4/h8-9,12H,5-7H2,1-4H3. The first-order valence-electron chi connectivity index (χ1n) is 5.19. The van der Waals surface area contributed by atoms with Gasteiger partial charge in [-0.1, -0.05) is 6.92 Å². The molecule has 0 radical (unpaired) electrons. The summed E-state index contributed by atoms with van der Waals surface area (Å²) >= 11 is 0. The molecule has 0 aromatic heterocycles. The van der Waals surface area contributed by atoms with E-state index in [1.165, 1.54) is 6.42 Å². The lowest BCUT2D eigenvalue weighted by atomic mass is 9.73. The maximum atomic E-state index is 11.8. The van der Waals surface area contributed by atoms with Crippen molar-refractivity contribution >= 4 is 5.78 Å². The van der Waals surface area contributed by atoms with Crippen LogP contribution in [-0.4, -0.2) is 18.4 Å². The minimum atomic E-state index is -0.0305. The third-order valence-electron chi connectivity index (χ3n) is 3.40. The summed E-state index contributed by atoms with van der Waals surface area (Å²) in [5.74, 6) is 1.25. The first-order valence-corrected chi connectivity index (χ1v) is 5.19. The average Bonchev–Trinajstić information content (AvgIpc) is 2.03. The van der Waals surface area contributed by atoms with Crippen LogP contribution in [0.15, 0.2) is 0 Å². The van der Waals surface area contributed by atoms with E-state index >= 15 is 0 Å². The number of hydrogen-bond acceptors (Lipinski definition) is 2. The van der Waals surface area contributed by atoms with E-state index in [1.54, 1.807) is 0 Å². The Kier molecular flexibility index (Phi) is 3.12. The Morgan fingerprint density at radius 2 is 2.00 bits per heavy atom. The fourth-order valence-corrected chi connectivity index (χ4v) is 2.14. The second kappa shape index (κ2) is 3.79. The van der Waals surface area contributed by atoms with Crippen LogP contribution in [0.25, 0.3) is 0 Å². The molecule has 0 amide bonds. The molecule has 1 saturated carbocycles. The Labute approximate surface area is 81.1 Å². The van der Waals surface area contributed by atoms with Crippen LogP contribution in [-0.2, 0) is 4.79 Å². The summed E-state index contributed by atoms with van der Waals surface area (Å²) in [5.41, 5.74) is -0.0305. The number of rotatable bonds is 2. The molecule has 1 aliphatic carbocycles. The third kappa shape index (κ3) is 2.31. The van der Waals surface area contributed by atoms with Crippen molar-refractivity contribution in [1.82, 2.24) is 5.32 Å². The highest BCUT2D eigenvalue weighted by Gasteiger charge is 2.36. The molecule has 0 bridgehead atoms. The van der Waals surface area contributed by atoms with Crippen molar-refractivity contribution in [3.8, 4) is 0 Å². The van der Waals surface area contributed by atoms with Gasteiger partial charge in [0.1, 0.15) is 5.78 Å². The first kappa shape index (κ1) is 10.7. The van der Waals surface area contributed by atoms with Crippen LogP contribution in [0, 0.1) is 11.8 Å². The molecule has 76 valence electrons. The highest BCUT2D eigenvalue weighted by Crippen LogP contribution is 2.32. The van der Waals surface area contributed by atoms with Gasteiger partial charge in [-0.05, 0) is 39.7 Å². The molecule has 1 rings (SSSR count). The molecule has 13 heavy (non-hydrogen) atoms. The van der Waals surface area contributed by atoms with Crippen molar-refractivity contribution in [3.63, 3.8) is 0 Å². The van der Waals surface area contributed by atoms with Gasteiger partial charge in [0, 0.05) is 17.9 Å². The number of Topliss-reactive ketones (excluding diaryl/α,β-unsaturated/α-hetero) is 1. The second-order valence-electron chi connectivity index (χ2n) is 4.88. The van der Waals surface area contributed by atoms with E-state index in [-0.39, 0.29) is 11.5 Å². The van der Waals surface area contributed by atoms with Gasteiger partial charge in [-0.25, -0.2) is 0 Å². The zero-order valence-corrected chi connectivity index (χ0v) is 9.18. The van der Waals surface area contributed by atoms with E-state index in [0.717, 1.165) is 12.8 Å². The van der Waals surface area contributed by atoms with Gasteiger partial charge in [0.25, 0.3) is 0 Å². The Hall–Kier alpha value is -0.370. The van der Waals surface area contributed by atoms with Gasteiger partial charge < -0.3 is 5.32 Å². The Morgan fingerprint density at radius 1 is 1.38 bits per heavy atom. The van der Waals surface area contributed by atoms with Crippen molar-refractivity contribution in [3.05, 3.63) is 0 Å². The van der Waals surface area contributed by atoms with Crippen LogP contribution >= 0.6 is 0 Å². The second-order valence-corrected chi connectivity index (χ2v) is 4.88. The third-order valence-corrected chi connectivity index (χ3v) is 3.40.